The molecule has 0 bridgehead atoms. The van der Waals surface area contributed by atoms with Gasteiger partial charge in [0.2, 0.25) is 5.91 Å². The molecule has 4 heteroatoms. The van der Waals surface area contributed by atoms with Crippen LogP contribution in [0.15, 0.2) is 41.9 Å². The molecule has 1 aromatic carbocycles. The fourth-order valence-electron chi connectivity index (χ4n) is 1.36. The lowest BCUT2D eigenvalue weighted by Gasteiger charge is -2.17. The lowest BCUT2D eigenvalue weighted by atomic mass is 10.1. The summed E-state index contributed by atoms with van der Waals surface area (Å²) in [5.41, 5.74) is 1.05. The van der Waals surface area contributed by atoms with Gasteiger partial charge in [-0.2, -0.15) is 0 Å². The fourth-order valence-corrected chi connectivity index (χ4v) is 2.75. The van der Waals surface area contributed by atoms with Gasteiger partial charge in [-0.15, -0.1) is 0 Å². The Balaban J connectivity index is 2.01. The Kier molecular flexibility index (Phi) is 3.49. The number of rotatable bonds is 2. The van der Waals surface area contributed by atoms with Gasteiger partial charge in [0.1, 0.15) is 4.28 Å². The van der Waals surface area contributed by atoms with Crippen molar-refractivity contribution in [2.24, 2.45) is 0 Å². The minimum absolute atomic E-state index is 0.0497. The van der Waals surface area contributed by atoms with E-state index in [0.29, 0.717) is 6.42 Å². The Morgan fingerprint density at radius 2 is 2.13 bits per heavy atom. The van der Waals surface area contributed by atoms with Crippen molar-refractivity contribution < 1.29 is 4.79 Å². The molecule has 0 saturated carbocycles. The first-order valence-corrected chi connectivity index (χ1v) is 6.44. The van der Waals surface area contributed by atoms with Crippen LogP contribution in [0, 0.1) is 0 Å². The van der Waals surface area contributed by atoms with Crippen LogP contribution in [0.3, 0.4) is 0 Å². The Hall–Kier alpha value is -0.740. The van der Waals surface area contributed by atoms with E-state index in [9.17, 15) is 4.79 Å². The third-order valence-corrected chi connectivity index (χ3v) is 3.94. The van der Waals surface area contributed by atoms with Gasteiger partial charge in [0.15, 0.2) is 0 Å². The van der Waals surface area contributed by atoms with Crippen LogP contribution in [0.4, 0.5) is 0 Å². The second-order valence-electron chi connectivity index (χ2n) is 3.18. The van der Waals surface area contributed by atoms with Gasteiger partial charge >= 0.3 is 0 Å². The maximum atomic E-state index is 11.9. The quantitative estimate of drug-likeness (QED) is 0.614. The monoisotopic (exact) mass is 283 g/mol. The van der Waals surface area contributed by atoms with Gasteiger partial charge in [0, 0.05) is 6.20 Å². The minimum Gasteiger partial charge on any atom is -0.296 e. The van der Waals surface area contributed by atoms with Gasteiger partial charge in [-0.05, 0) is 11.0 Å². The lowest BCUT2D eigenvalue weighted by molar-refractivity contribution is -0.127. The predicted molar refractivity (Wildman–Crippen MR) is 66.4 cm³/mol. The van der Waals surface area contributed by atoms with E-state index in [1.54, 1.807) is 16.7 Å². The molecule has 1 aliphatic heterocycles. The highest BCUT2D eigenvalue weighted by Gasteiger charge is 2.22. The van der Waals surface area contributed by atoms with E-state index in [1.165, 1.54) is 0 Å². The molecule has 0 aromatic heterocycles. The van der Waals surface area contributed by atoms with E-state index >= 15 is 0 Å². The van der Waals surface area contributed by atoms with E-state index in [0.717, 1.165) is 5.56 Å². The second kappa shape index (κ2) is 4.86. The molecule has 2 nitrogen and oxygen atoms in total. The summed E-state index contributed by atoms with van der Waals surface area (Å²) in [5.74, 6) is 0.115. The number of carbonyl (C=O) groups is 1. The standard InChI is InChI=1S/C11H10BrNOS/c12-11-13(6-7-15-11)10(14)8-9-4-2-1-3-5-9/h1-7,11H,8H2. The average Bonchev–Trinajstić information content (AvgIpc) is 2.66. The van der Waals surface area contributed by atoms with Crippen molar-refractivity contribution in [2.75, 3.05) is 0 Å². The average molecular weight is 284 g/mol. The van der Waals surface area contributed by atoms with Crippen LogP contribution >= 0.6 is 27.7 Å². The summed E-state index contributed by atoms with van der Waals surface area (Å²) < 4.78 is 0.0497. The molecule has 0 saturated heterocycles. The highest BCUT2D eigenvalue weighted by Crippen LogP contribution is 2.29. The summed E-state index contributed by atoms with van der Waals surface area (Å²) in [6, 6.07) is 9.78. The number of nitrogens with zero attached hydrogens (tertiary/aromatic N) is 1. The second-order valence-corrected chi connectivity index (χ2v) is 5.64. The van der Waals surface area contributed by atoms with Crippen molar-refractivity contribution in [1.82, 2.24) is 4.90 Å². The summed E-state index contributed by atoms with van der Waals surface area (Å²) >= 11 is 5.01. The number of thioether (sulfide) groups is 1. The molecule has 0 radical (unpaired) electrons. The van der Waals surface area contributed by atoms with Crippen molar-refractivity contribution in [1.29, 1.82) is 0 Å². The Labute approximate surface area is 101 Å². The van der Waals surface area contributed by atoms with Crippen LogP contribution in [0.1, 0.15) is 5.56 Å². The molecule has 1 heterocycles. The number of benzene rings is 1. The van der Waals surface area contributed by atoms with Crippen LogP contribution < -0.4 is 0 Å². The molecule has 1 unspecified atom stereocenters. The first kappa shape index (κ1) is 10.8. The number of carbonyl (C=O) groups excluding carboxylic acids is 1. The zero-order valence-electron chi connectivity index (χ0n) is 7.97. The number of amides is 1. The first-order valence-electron chi connectivity index (χ1n) is 4.58. The Bertz CT molecular complexity index is 379. The van der Waals surface area contributed by atoms with E-state index in [-0.39, 0.29) is 10.2 Å². The normalized spacial score (nSPS) is 19.5. The van der Waals surface area contributed by atoms with E-state index in [1.807, 2.05) is 41.9 Å². The maximum Gasteiger partial charge on any atom is 0.232 e. The molecule has 1 aromatic rings. The molecule has 15 heavy (non-hydrogen) atoms. The SMILES string of the molecule is O=C(Cc1ccccc1)N1C=CSC1Br. The molecular weight excluding hydrogens is 274 g/mol. The van der Waals surface area contributed by atoms with Gasteiger partial charge < -0.3 is 0 Å². The lowest BCUT2D eigenvalue weighted by Crippen LogP contribution is -2.28. The zero-order valence-corrected chi connectivity index (χ0v) is 10.4. The van der Waals surface area contributed by atoms with Crippen LogP contribution in [0.5, 0.6) is 0 Å². The number of hydrogen-bond acceptors (Lipinski definition) is 2. The largest absolute Gasteiger partial charge is 0.296 e. The van der Waals surface area contributed by atoms with Crippen molar-refractivity contribution in [3.63, 3.8) is 0 Å². The van der Waals surface area contributed by atoms with Crippen molar-refractivity contribution in [3.8, 4) is 0 Å². The van der Waals surface area contributed by atoms with Gasteiger partial charge in [-0.3, -0.25) is 9.69 Å². The molecule has 1 aliphatic rings. The van der Waals surface area contributed by atoms with Gasteiger partial charge in [-0.25, -0.2) is 0 Å². The summed E-state index contributed by atoms with van der Waals surface area (Å²) in [5, 5.41) is 1.92. The summed E-state index contributed by atoms with van der Waals surface area (Å²) in [6.45, 7) is 0. The van der Waals surface area contributed by atoms with Crippen molar-refractivity contribution >= 4 is 33.6 Å². The molecule has 0 spiro atoms. The maximum absolute atomic E-state index is 11.9. The third kappa shape index (κ3) is 2.63. The molecule has 2 rings (SSSR count). The molecular formula is C11H10BrNOS. The van der Waals surface area contributed by atoms with Gasteiger partial charge in [0.05, 0.1) is 6.42 Å². The van der Waals surface area contributed by atoms with Crippen LogP contribution in [-0.4, -0.2) is 15.1 Å². The molecule has 0 fully saturated rings. The summed E-state index contributed by atoms with van der Waals surface area (Å²) in [7, 11) is 0. The smallest absolute Gasteiger partial charge is 0.232 e. The predicted octanol–water partition coefficient (Wildman–Crippen LogP) is 2.95. The fraction of sp³-hybridized carbons (Fsp3) is 0.182. The van der Waals surface area contributed by atoms with Crippen molar-refractivity contribution in [3.05, 3.63) is 47.5 Å². The van der Waals surface area contributed by atoms with E-state index < -0.39 is 0 Å². The molecule has 0 N–H and O–H groups in total. The highest BCUT2D eigenvalue weighted by atomic mass is 79.9. The van der Waals surface area contributed by atoms with Crippen LogP contribution in [0.25, 0.3) is 0 Å². The molecule has 78 valence electrons. The van der Waals surface area contributed by atoms with E-state index in [4.69, 9.17) is 0 Å². The van der Waals surface area contributed by atoms with Crippen molar-refractivity contribution in [2.45, 2.75) is 10.7 Å². The minimum atomic E-state index is 0.0497. The van der Waals surface area contributed by atoms with E-state index in [2.05, 4.69) is 15.9 Å². The van der Waals surface area contributed by atoms with Crippen LogP contribution in [-0.2, 0) is 11.2 Å². The number of alkyl halides is 1. The molecule has 1 amide bonds. The highest BCUT2D eigenvalue weighted by molar-refractivity contribution is 9.11. The van der Waals surface area contributed by atoms with Gasteiger partial charge in [-0.1, -0.05) is 58.0 Å². The molecule has 1 atom stereocenters. The third-order valence-electron chi connectivity index (χ3n) is 2.12. The number of halogens is 1. The zero-order chi connectivity index (χ0) is 10.7. The Morgan fingerprint density at radius 3 is 2.73 bits per heavy atom. The summed E-state index contributed by atoms with van der Waals surface area (Å²) in [6.07, 6.45) is 2.27. The summed E-state index contributed by atoms with van der Waals surface area (Å²) in [4.78, 5) is 13.6. The van der Waals surface area contributed by atoms with Crippen LogP contribution in [0.2, 0.25) is 0 Å². The molecule has 0 aliphatic carbocycles. The Morgan fingerprint density at radius 1 is 1.40 bits per heavy atom. The van der Waals surface area contributed by atoms with Gasteiger partial charge in [0.25, 0.3) is 0 Å². The topological polar surface area (TPSA) is 20.3 Å². The first-order chi connectivity index (χ1) is 7.27. The number of hydrogen-bond donors (Lipinski definition) is 0.